The third kappa shape index (κ3) is 10.2. The summed E-state index contributed by atoms with van der Waals surface area (Å²) in [5.41, 5.74) is 5.34. The van der Waals surface area contributed by atoms with Crippen LogP contribution in [0.1, 0.15) is 78.5 Å². The number of imidazole rings is 2. The van der Waals surface area contributed by atoms with Crippen LogP contribution in [-0.4, -0.2) is 90.3 Å². The van der Waals surface area contributed by atoms with Crippen LogP contribution in [0, 0.1) is 29.6 Å². The number of ether oxygens (including phenoxy) is 2. The number of methoxy groups -OCH3 is 2. The molecule has 2 aromatic heterocycles. The monoisotopic (exact) mass is 1070 g/mol. The number of rotatable bonds is 13. The molecule has 1 unspecified atom stereocenters. The van der Waals surface area contributed by atoms with Crippen molar-refractivity contribution in [1.82, 2.24) is 35.1 Å². The predicted molar refractivity (Wildman–Crippen MR) is 250 cm³/mol. The van der Waals surface area contributed by atoms with Crippen molar-refractivity contribution in [3.05, 3.63) is 69.4 Å². The third-order valence-electron chi connectivity index (χ3n) is 11.8. The van der Waals surface area contributed by atoms with E-state index in [-0.39, 0.29) is 45.7 Å². The molecule has 3 N–H and O–H groups in total. The van der Waals surface area contributed by atoms with E-state index < -0.39 is 24.1 Å². The number of carbonyl (C=O) groups is 4. The lowest BCUT2D eigenvalue weighted by atomic mass is 9.79. The van der Waals surface area contributed by atoms with Gasteiger partial charge in [0, 0.05) is 23.4 Å². The Balaban J connectivity index is 1.17. The molecule has 1 saturated heterocycles. The van der Waals surface area contributed by atoms with E-state index in [1.165, 1.54) is 20.4 Å². The zero-order valence-electron chi connectivity index (χ0n) is 35.5. The van der Waals surface area contributed by atoms with E-state index in [2.05, 4.69) is 118 Å². The number of carbonyl (C=O) groups excluding carboxylic acids is 4. The lowest BCUT2D eigenvalue weighted by molar-refractivity contribution is -0.141. The molecule has 1 aliphatic heterocycles. The Morgan fingerprint density at radius 2 is 1.44 bits per heavy atom. The molecule has 4 aromatic rings. The van der Waals surface area contributed by atoms with Gasteiger partial charge in [0.05, 0.1) is 36.8 Å². The molecule has 14 nitrogen and oxygen atoms in total. The highest BCUT2D eigenvalue weighted by Crippen LogP contribution is 2.44. The van der Waals surface area contributed by atoms with E-state index in [0.717, 1.165) is 62.1 Å². The van der Waals surface area contributed by atoms with Gasteiger partial charge in [-0.15, -0.1) is 0 Å². The number of benzene rings is 2. The van der Waals surface area contributed by atoms with Crippen molar-refractivity contribution in [2.45, 2.75) is 89.5 Å². The van der Waals surface area contributed by atoms with Gasteiger partial charge in [0.25, 0.3) is 0 Å². The molecule has 3 heterocycles. The summed E-state index contributed by atoms with van der Waals surface area (Å²) in [6.45, 7) is 12.3. The smallest absolute Gasteiger partial charge is 0.432 e. The largest absolute Gasteiger partial charge is 0.453 e. The number of nitrogens with one attached hydrogen (secondary N) is 3. The molecular formula is C44H53Br2IN8O6. The maximum absolute atomic E-state index is 14.0. The molecule has 1 aliphatic carbocycles. The van der Waals surface area contributed by atoms with Crippen LogP contribution in [-0.2, 0) is 25.6 Å². The first-order valence-corrected chi connectivity index (χ1v) is 23.3. The molecule has 1 saturated carbocycles. The van der Waals surface area contributed by atoms with Gasteiger partial charge in [0.2, 0.25) is 11.8 Å². The molecule has 4 amide bonds. The standard InChI is InChI=1S/C44H53Br2IN8O6/c1-22(2)30(20-48-43(58)60-7)41(56)54(31-18-9-24(31)5)21-33-49-35(37(45)50-33)28-14-10-26(11-15-28)27-12-16-29(17-13-27)36-38(46)53-40(51-36)32-19-25(6)39(47)55(32)42(57)34(23(3)4)52-44(59)61-8/h10-17,20,22-25,30-32,34,39H,9,18-19,21H2,1-8H3,(H,49,50)(H,51,53)(H,52,59)/b48-20+/t24-,25+,30?,31+,32-,34-,39-/m0/s1. The molecule has 2 aliphatic rings. The fourth-order valence-corrected chi connectivity index (χ4v) is 9.99. The summed E-state index contributed by atoms with van der Waals surface area (Å²) in [5, 5.41) is 2.73. The Morgan fingerprint density at radius 1 is 0.869 bits per heavy atom. The van der Waals surface area contributed by atoms with Crippen molar-refractivity contribution in [3.63, 3.8) is 0 Å². The first kappa shape index (κ1) is 46.4. The lowest BCUT2D eigenvalue weighted by Gasteiger charge is -2.43. The fraction of sp³-hybridized carbons (Fsp3) is 0.477. The quantitative estimate of drug-likeness (QED) is 0.0513. The number of alkyl halides is 1. The van der Waals surface area contributed by atoms with Crippen LogP contribution < -0.4 is 5.32 Å². The Bertz CT molecular complexity index is 2240. The number of amides is 4. The van der Waals surface area contributed by atoms with Crippen LogP contribution in [0.3, 0.4) is 0 Å². The minimum absolute atomic E-state index is 0.0657. The van der Waals surface area contributed by atoms with Gasteiger partial charge in [-0.3, -0.25) is 9.59 Å². The first-order chi connectivity index (χ1) is 29.0. The molecular weight excluding hydrogens is 1020 g/mol. The Labute approximate surface area is 387 Å². The zero-order valence-corrected chi connectivity index (χ0v) is 40.9. The van der Waals surface area contributed by atoms with E-state index in [9.17, 15) is 19.2 Å². The molecule has 6 rings (SSSR count). The summed E-state index contributed by atoms with van der Waals surface area (Å²) in [5.74, 6) is 0.823. The topological polar surface area (TPSA) is 175 Å². The first-order valence-electron chi connectivity index (χ1n) is 20.5. The molecule has 326 valence electrons. The second-order valence-electron chi connectivity index (χ2n) is 16.6. The summed E-state index contributed by atoms with van der Waals surface area (Å²) in [7, 11) is 2.55. The van der Waals surface area contributed by atoms with E-state index >= 15 is 0 Å². The van der Waals surface area contributed by atoms with Crippen LogP contribution >= 0.6 is 54.5 Å². The molecule has 17 heteroatoms. The maximum Gasteiger partial charge on any atom is 0.432 e. The molecule has 0 radical (unpaired) electrons. The van der Waals surface area contributed by atoms with Crippen LogP contribution in [0.15, 0.2) is 62.7 Å². The van der Waals surface area contributed by atoms with Crippen molar-refractivity contribution in [1.29, 1.82) is 0 Å². The van der Waals surface area contributed by atoms with E-state index in [0.29, 0.717) is 24.1 Å². The third-order valence-corrected chi connectivity index (χ3v) is 14.7. The van der Waals surface area contributed by atoms with E-state index in [1.54, 1.807) is 0 Å². The van der Waals surface area contributed by atoms with Crippen molar-refractivity contribution < 1.29 is 28.7 Å². The van der Waals surface area contributed by atoms with Crippen molar-refractivity contribution in [3.8, 4) is 33.6 Å². The average Bonchev–Trinajstić information content (AvgIpc) is 3.91. The number of hydrogen-bond donors (Lipinski definition) is 3. The lowest BCUT2D eigenvalue weighted by Crippen LogP contribution is -2.52. The second kappa shape index (κ2) is 19.9. The summed E-state index contributed by atoms with van der Waals surface area (Å²) in [4.78, 5) is 76.2. The Kier molecular flexibility index (Phi) is 15.2. The minimum atomic E-state index is -0.741. The number of aromatic amines is 2. The van der Waals surface area contributed by atoms with Crippen LogP contribution in [0.2, 0.25) is 0 Å². The van der Waals surface area contributed by atoms with Gasteiger partial charge in [-0.25, -0.2) is 19.6 Å². The van der Waals surface area contributed by atoms with Crippen molar-refractivity contribution in [2.24, 2.45) is 34.6 Å². The average molecular weight is 1080 g/mol. The molecule has 7 atom stereocenters. The molecule has 61 heavy (non-hydrogen) atoms. The number of hydrogen-bond acceptors (Lipinski definition) is 8. The predicted octanol–water partition coefficient (Wildman–Crippen LogP) is 9.95. The normalized spacial score (nSPS) is 21.1. The molecule has 0 bridgehead atoms. The number of halogens is 3. The highest BCUT2D eigenvalue weighted by atomic mass is 127. The van der Waals surface area contributed by atoms with Gasteiger partial charge in [0.1, 0.15) is 38.3 Å². The van der Waals surface area contributed by atoms with Gasteiger partial charge in [0.15, 0.2) is 0 Å². The number of likely N-dealkylation sites (tertiary alicyclic amines) is 1. The van der Waals surface area contributed by atoms with Gasteiger partial charge in [-0.1, -0.05) is 113 Å². The molecule has 2 fully saturated rings. The number of aromatic nitrogens is 4. The summed E-state index contributed by atoms with van der Waals surface area (Å²) in [6.07, 6.45) is 2.70. The number of alkyl carbamates (subject to hydrolysis) is 1. The molecule has 0 spiro atoms. The fourth-order valence-electron chi connectivity index (χ4n) is 7.96. The van der Waals surface area contributed by atoms with Crippen LogP contribution in [0.5, 0.6) is 0 Å². The Morgan fingerprint density at radius 3 is 1.95 bits per heavy atom. The van der Waals surface area contributed by atoms with Gasteiger partial charge >= 0.3 is 12.2 Å². The van der Waals surface area contributed by atoms with E-state index in [1.807, 2.05) is 61.8 Å². The minimum Gasteiger partial charge on any atom is -0.453 e. The number of aliphatic imine (C=N–C) groups is 1. The van der Waals surface area contributed by atoms with Crippen LogP contribution in [0.25, 0.3) is 33.6 Å². The van der Waals surface area contributed by atoms with Crippen molar-refractivity contribution in [2.75, 3.05) is 14.2 Å². The van der Waals surface area contributed by atoms with Gasteiger partial charge in [-0.05, 0) is 85.9 Å². The van der Waals surface area contributed by atoms with Crippen molar-refractivity contribution >= 4 is 84.7 Å². The summed E-state index contributed by atoms with van der Waals surface area (Å²) < 4.78 is 10.8. The zero-order chi connectivity index (χ0) is 44.3. The summed E-state index contributed by atoms with van der Waals surface area (Å²) >= 11 is 9.69. The Hall–Kier alpha value is -4.10. The highest BCUT2D eigenvalue weighted by Gasteiger charge is 2.46. The molecule has 2 aromatic carbocycles. The van der Waals surface area contributed by atoms with Gasteiger partial charge in [-0.2, -0.15) is 4.99 Å². The van der Waals surface area contributed by atoms with Gasteiger partial charge < -0.3 is 34.6 Å². The van der Waals surface area contributed by atoms with Crippen LogP contribution in [0.4, 0.5) is 9.59 Å². The summed E-state index contributed by atoms with van der Waals surface area (Å²) in [6, 6.07) is 15.4. The SMILES string of the molecule is COC(=O)/N=C/C(C(=O)N(Cc1nc(-c2ccc(-c3ccc(-c4nc([C@@H]5C[C@@H](C)[C@@H](I)N5C(=O)[C@@H](NC(=O)OC)C(C)C)[nH]c4Br)cc3)cc2)c(Br)[nH]1)[C@@H]1CC[C@@H]1C)C(C)C. The number of H-pyrrole nitrogens is 2. The second-order valence-corrected chi connectivity index (χ2v) is 19.5. The number of nitrogens with zero attached hydrogens (tertiary/aromatic N) is 5. The van der Waals surface area contributed by atoms with E-state index in [4.69, 9.17) is 14.7 Å². The maximum atomic E-state index is 14.0. The highest BCUT2D eigenvalue weighted by molar-refractivity contribution is 14.1.